The van der Waals surface area contributed by atoms with Crippen LogP contribution in [0.2, 0.25) is 0 Å². The number of hydrogen-bond donors (Lipinski definition) is 1. The van der Waals surface area contributed by atoms with Gasteiger partial charge >= 0.3 is 0 Å². The molecule has 2 rings (SSSR count). The van der Waals surface area contributed by atoms with Crippen LogP contribution in [0.3, 0.4) is 0 Å². The Labute approximate surface area is 109 Å². The van der Waals surface area contributed by atoms with Gasteiger partial charge in [-0.1, -0.05) is 13.3 Å². The fourth-order valence-electron chi connectivity index (χ4n) is 1.92. The van der Waals surface area contributed by atoms with Crippen LogP contribution in [-0.2, 0) is 11.3 Å². The average molecular weight is 249 g/mol. The van der Waals surface area contributed by atoms with Crippen LogP contribution >= 0.6 is 0 Å². The van der Waals surface area contributed by atoms with Crippen molar-refractivity contribution in [2.45, 2.75) is 58.2 Å². The van der Waals surface area contributed by atoms with Gasteiger partial charge in [0.1, 0.15) is 6.10 Å². The Morgan fingerprint density at radius 1 is 1.33 bits per heavy atom. The first kappa shape index (κ1) is 13.4. The standard InChI is InChI=1S/C14H23N3O/c1-3-5-13(18-4-2)14-16-9-11(10-17-14)8-15-12-6-7-12/h9-10,12-13,15H,3-8H2,1-2H3. The Morgan fingerprint density at radius 3 is 2.61 bits per heavy atom. The van der Waals surface area contributed by atoms with Crippen molar-refractivity contribution < 1.29 is 4.74 Å². The second-order valence-electron chi connectivity index (χ2n) is 4.84. The molecular weight excluding hydrogens is 226 g/mol. The van der Waals surface area contributed by atoms with E-state index in [2.05, 4.69) is 22.2 Å². The first-order valence-corrected chi connectivity index (χ1v) is 6.99. The van der Waals surface area contributed by atoms with E-state index in [0.29, 0.717) is 6.61 Å². The predicted octanol–water partition coefficient (Wildman–Crippen LogP) is 2.61. The summed E-state index contributed by atoms with van der Waals surface area (Å²) >= 11 is 0. The van der Waals surface area contributed by atoms with Crippen LogP contribution in [-0.4, -0.2) is 22.6 Å². The van der Waals surface area contributed by atoms with Gasteiger partial charge in [0.2, 0.25) is 0 Å². The molecule has 1 aliphatic rings. The van der Waals surface area contributed by atoms with Crippen molar-refractivity contribution in [3.63, 3.8) is 0 Å². The van der Waals surface area contributed by atoms with E-state index in [1.807, 2.05) is 19.3 Å². The maximum absolute atomic E-state index is 5.68. The third kappa shape index (κ3) is 4.03. The normalized spacial score (nSPS) is 16.8. The molecule has 1 N–H and O–H groups in total. The van der Waals surface area contributed by atoms with Crippen molar-refractivity contribution in [2.75, 3.05) is 6.61 Å². The second kappa shape index (κ2) is 6.81. The highest BCUT2D eigenvalue weighted by molar-refractivity contribution is 5.07. The maximum atomic E-state index is 5.68. The van der Waals surface area contributed by atoms with E-state index in [0.717, 1.165) is 36.8 Å². The number of nitrogens with zero attached hydrogens (tertiary/aromatic N) is 2. The summed E-state index contributed by atoms with van der Waals surface area (Å²) in [5.74, 6) is 0.814. The van der Waals surface area contributed by atoms with E-state index in [4.69, 9.17) is 4.74 Å². The van der Waals surface area contributed by atoms with Crippen molar-refractivity contribution in [3.8, 4) is 0 Å². The average Bonchev–Trinajstić information content (AvgIpc) is 3.21. The molecule has 1 aromatic rings. The molecule has 0 radical (unpaired) electrons. The lowest BCUT2D eigenvalue weighted by Crippen LogP contribution is -2.16. The van der Waals surface area contributed by atoms with E-state index < -0.39 is 0 Å². The van der Waals surface area contributed by atoms with E-state index in [1.165, 1.54) is 12.8 Å². The Balaban J connectivity index is 1.90. The van der Waals surface area contributed by atoms with Crippen LogP contribution in [0.1, 0.15) is 57.0 Å². The van der Waals surface area contributed by atoms with E-state index in [9.17, 15) is 0 Å². The molecule has 1 aliphatic carbocycles. The Bertz CT molecular complexity index is 343. The molecule has 4 nitrogen and oxygen atoms in total. The van der Waals surface area contributed by atoms with Gasteiger partial charge in [0.05, 0.1) is 0 Å². The number of rotatable bonds is 8. The zero-order chi connectivity index (χ0) is 12.8. The third-order valence-electron chi connectivity index (χ3n) is 3.10. The zero-order valence-electron chi connectivity index (χ0n) is 11.4. The minimum absolute atomic E-state index is 0.0467. The molecule has 0 saturated heterocycles. The number of aromatic nitrogens is 2. The zero-order valence-corrected chi connectivity index (χ0v) is 11.4. The van der Waals surface area contributed by atoms with Crippen molar-refractivity contribution >= 4 is 0 Å². The Morgan fingerprint density at radius 2 is 2.06 bits per heavy atom. The molecule has 0 aliphatic heterocycles. The lowest BCUT2D eigenvalue weighted by molar-refractivity contribution is 0.0493. The second-order valence-corrected chi connectivity index (χ2v) is 4.84. The highest BCUT2D eigenvalue weighted by Gasteiger charge is 2.20. The lowest BCUT2D eigenvalue weighted by Gasteiger charge is -2.14. The topological polar surface area (TPSA) is 47.0 Å². The SMILES string of the molecule is CCCC(OCC)c1ncc(CNC2CC2)cn1. The quantitative estimate of drug-likeness (QED) is 0.769. The lowest BCUT2D eigenvalue weighted by atomic mass is 10.2. The molecule has 1 heterocycles. The fraction of sp³-hybridized carbons (Fsp3) is 0.714. The summed E-state index contributed by atoms with van der Waals surface area (Å²) in [5.41, 5.74) is 1.15. The molecule has 0 spiro atoms. The van der Waals surface area contributed by atoms with E-state index in [-0.39, 0.29) is 6.10 Å². The highest BCUT2D eigenvalue weighted by Crippen LogP contribution is 2.20. The molecule has 1 aromatic heterocycles. The molecule has 1 atom stereocenters. The summed E-state index contributed by atoms with van der Waals surface area (Å²) in [5, 5.41) is 3.46. The van der Waals surface area contributed by atoms with E-state index in [1.54, 1.807) is 0 Å². The third-order valence-corrected chi connectivity index (χ3v) is 3.10. The first-order chi connectivity index (χ1) is 8.83. The van der Waals surface area contributed by atoms with Gasteiger partial charge in [-0.3, -0.25) is 0 Å². The first-order valence-electron chi connectivity index (χ1n) is 6.99. The molecule has 4 heteroatoms. The molecule has 0 amide bonds. The van der Waals surface area contributed by atoms with Gasteiger partial charge in [0.25, 0.3) is 0 Å². The summed E-state index contributed by atoms with van der Waals surface area (Å²) in [6.07, 6.45) is 8.56. The molecule has 100 valence electrons. The van der Waals surface area contributed by atoms with Gasteiger partial charge < -0.3 is 10.1 Å². The van der Waals surface area contributed by atoms with Gasteiger partial charge in [0.15, 0.2) is 5.82 Å². The van der Waals surface area contributed by atoms with Crippen LogP contribution in [0.5, 0.6) is 0 Å². The minimum Gasteiger partial charge on any atom is -0.371 e. The molecule has 1 fully saturated rings. The van der Waals surface area contributed by atoms with Crippen LogP contribution in [0.25, 0.3) is 0 Å². The molecule has 1 saturated carbocycles. The highest BCUT2D eigenvalue weighted by atomic mass is 16.5. The molecule has 1 unspecified atom stereocenters. The number of hydrogen-bond acceptors (Lipinski definition) is 4. The van der Waals surface area contributed by atoms with Gasteiger partial charge in [0, 0.05) is 37.2 Å². The molecule has 0 bridgehead atoms. The summed E-state index contributed by atoms with van der Waals surface area (Å²) < 4.78 is 5.68. The number of ether oxygens (including phenoxy) is 1. The monoisotopic (exact) mass is 249 g/mol. The predicted molar refractivity (Wildman–Crippen MR) is 71.2 cm³/mol. The fourth-order valence-corrected chi connectivity index (χ4v) is 1.92. The summed E-state index contributed by atoms with van der Waals surface area (Å²) in [6.45, 7) is 5.74. The smallest absolute Gasteiger partial charge is 0.157 e. The van der Waals surface area contributed by atoms with Gasteiger partial charge in [-0.15, -0.1) is 0 Å². The molecular formula is C14H23N3O. The van der Waals surface area contributed by atoms with Crippen molar-refractivity contribution in [1.29, 1.82) is 0 Å². The molecule has 18 heavy (non-hydrogen) atoms. The van der Waals surface area contributed by atoms with Crippen LogP contribution < -0.4 is 5.32 Å². The van der Waals surface area contributed by atoms with Crippen LogP contribution in [0, 0.1) is 0 Å². The Kier molecular flexibility index (Phi) is 5.08. The van der Waals surface area contributed by atoms with Crippen molar-refractivity contribution in [2.24, 2.45) is 0 Å². The minimum atomic E-state index is 0.0467. The van der Waals surface area contributed by atoms with Gasteiger partial charge in [-0.2, -0.15) is 0 Å². The number of nitrogens with one attached hydrogen (secondary N) is 1. The Hall–Kier alpha value is -1.00. The van der Waals surface area contributed by atoms with Crippen molar-refractivity contribution in [3.05, 3.63) is 23.8 Å². The molecule has 0 aromatic carbocycles. The van der Waals surface area contributed by atoms with Gasteiger partial charge in [-0.25, -0.2) is 9.97 Å². The van der Waals surface area contributed by atoms with Gasteiger partial charge in [-0.05, 0) is 26.2 Å². The maximum Gasteiger partial charge on any atom is 0.157 e. The van der Waals surface area contributed by atoms with E-state index >= 15 is 0 Å². The van der Waals surface area contributed by atoms with Crippen LogP contribution in [0.15, 0.2) is 12.4 Å². The van der Waals surface area contributed by atoms with Crippen molar-refractivity contribution in [1.82, 2.24) is 15.3 Å². The van der Waals surface area contributed by atoms with Crippen LogP contribution in [0.4, 0.5) is 0 Å². The summed E-state index contributed by atoms with van der Waals surface area (Å²) in [7, 11) is 0. The largest absolute Gasteiger partial charge is 0.371 e. The summed E-state index contributed by atoms with van der Waals surface area (Å²) in [4.78, 5) is 8.88. The summed E-state index contributed by atoms with van der Waals surface area (Å²) in [6, 6.07) is 0.723.